The van der Waals surface area contributed by atoms with E-state index in [1.165, 1.54) is 12.3 Å². The number of hydrogen-bond acceptors (Lipinski definition) is 5. The number of nitrogens with zero attached hydrogens (tertiary/aromatic N) is 2. The normalized spacial score (nSPS) is 14.8. The van der Waals surface area contributed by atoms with Gasteiger partial charge in [-0.25, -0.2) is 8.78 Å². The number of benzene rings is 1. The molecule has 8 heteroatoms. The largest absolute Gasteiger partial charge is 0.379 e. The second-order valence-corrected chi connectivity index (χ2v) is 5.89. The minimum Gasteiger partial charge on any atom is -0.379 e. The molecule has 0 spiro atoms. The molecule has 26 heavy (non-hydrogen) atoms. The second-order valence-electron chi connectivity index (χ2n) is 5.89. The Kier molecular flexibility index (Phi) is 6.08. The monoisotopic (exact) mass is 362 g/mol. The van der Waals surface area contributed by atoms with Crippen LogP contribution in [0.4, 0.5) is 20.2 Å². The molecule has 0 bridgehead atoms. The number of nitrogens with one attached hydrogen (secondary N) is 2. The van der Waals surface area contributed by atoms with Gasteiger partial charge in [-0.15, -0.1) is 0 Å². The molecule has 1 amide bonds. The lowest BCUT2D eigenvalue weighted by molar-refractivity contribution is 0.0383. The van der Waals surface area contributed by atoms with E-state index >= 15 is 0 Å². The smallest absolute Gasteiger partial charge is 0.269 e. The average Bonchev–Trinajstić information content (AvgIpc) is 2.66. The van der Waals surface area contributed by atoms with Crippen LogP contribution < -0.4 is 10.6 Å². The number of hydrogen-bond donors (Lipinski definition) is 2. The predicted molar refractivity (Wildman–Crippen MR) is 93.5 cm³/mol. The van der Waals surface area contributed by atoms with Crippen molar-refractivity contribution in [3.63, 3.8) is 0 Å². The van der Waals surface area contributed by atoms with Crippen LogP contribution in [-0.4, -0.2) is 55.2 Å². The van der Waals surface area contributed by atoms with E-state index in [2.05, 4.69) is 20.5 Å². The summed E-state index contributed by atoms with van der Waals surface area (Å²) in [6, 6.07) is 6.72. The Hall–Kier alpha value is -2.58. The molecule has 6 nitrogen and oxygen atoms in total. The molecule has 1 saturated heterocycles. The minimum atomic E-state index is -0.940. The quantitative estimate of drug-likeness (QED) is 0.824. The van der Waals surface area contributed by atoms with Crippen LogP contribution in [0.1, 0.15) is 10.5 Å². The molecule has 3 rings (SSSR count). The maximum absolute atomic E-state index is 13.3. The van der Waals surface area contributed by atoms with Gasteiger partial charge in [-0.3, -0.25) is 14.7 Å². The Labute approximate surface area is 150 Å². The van der Waals surface area contributed by atoms with Crippen molar-refractivity contribution in [3.05, 3.63) is 53.9 Å². The molecule has 1 aromatic heterocycles. The zero-order chi connectivity index (χ0) is 18.4. The zero-order valence-corrected chi connectivity index (χ0v) is 14.2. The molecule has 0 unspecified atom stereocenters. The number of anilines is 2. The number of pyridine rings is 1. The molecule has 2 aromatic rings. The Balaban J connectivity index is 1.55. The van der Waals surface area contributed by atoms with Gasteiger partial charge < -0.3 is 15.4 Å². The summed E-state index contributed by atoms with van der Waals surface area (Å²) >= 11 is 0. The highest BCUT2D eigenvalue weighted by Gasteiger charge is 2.12. The summed E-state index contributed by atoms with van der Waals surface area (Å²) in [5, 5.41) is 5.76. The molecule has 1 fully saturated rings. The van der Waals surface area contributed by atoms with Crippen LogP contribution in [-0.2, 0) is 4.74 Å². The maximum Gasteiger partial charge on any atom is 0.269 e. The summed E-state index contributed by atoms with van der Waals surface area (Å²) in [7, 11) is 0. The van der Waals surface area contributed by atoms with Gasteiger partial charge in [0, 0.05) is 49.8 Å². The van der Waals surface area contributed by atoms with Crippen molar-refractivity contribution in [1.82, 2.24) is 15.2 Å². The number of ether oxygens (including phenoxy) is 1. The van der Waals surface area contributed by atoms with Gasteiger partial charge in [-0.05, 0) is 24.3 Å². The Morgan fingerprint density at radius 1 is 1.12 bits per heavy atom. The van der Waals surface area contributed by atoms with E-state index in [9.17, 15) is 13.6 Å². The third-order valence-electron chi connectivity index (χ3n) is 4.02. The molecule has 1 aromatic carbocycles. The van der Waals surface area contributed by atoms with Crippen molar-refractivity contribution >= 4 is 17.3 Å². The summed E-state index contributed by atoms with van der Waals surface area (Å²) in [5.74, 6) is -2.14. The summed E-state index contributed by atoms with van der Waals surface area (Å²) in [5.41, 5.74) is 1.19. The number of amides is 1. The standard InChI is InChI=1S/C18H20F2N4O2/c19-15-2-1-13(11-16(15)20)23-14-3-4-21-17(12-14)18(25)22-5-6-24-7-9-26-10-8-24/h1-4,11-12H,5-10H2,(H,21,23)(H,22,25). The van der Waals surface area contributed by atoms with Gasteiger partial charge in [0.1, 0.15) is 5.69 Å². The van der Waals surface area contributed by atoms with Crippen LogP contribution in [0.3, 0.4) is 0 Å². The van der Waals surface area contributed by atoms with Crippen molar-refractivity contribution in [3.8, 4) is 0 Å². The first kappa shape index (κ1) is 18.2. The molecular formula is C18H20F2N4O2. The van der Waals surface area contributed by atoms with E-state index in [1.807, 2.05) is 0 Å². The van der Waals surface area contributed by atoms with Gasteiger partial charge in [0.25, 0.3) is 5.91 Å². The lowest BCUT2D eigenvalue weighted by Gasteiger charge is -2.26. The molecule has 138 valence electrons. The van der Waals surface area contributed by atoms with Gasteiger partial charge >= 0.3 is 0 Å². The van der Waals surface area contributed by atoms with Crippen LogP contribution in [0, 0.1) is 11.6 Å². The number of carbonyl (C=O) groups is 1. The van der Waals surface area contributed by atoms with Crippen molar-refractivity contribution in [1.29, 1.82) is 0 Å². The average molecular weight is 362 g/mol. The third-order valence-corrected chi connectivity index (χ3v) is 4.02. The second kappa shape index (κ2) is 8.68. The fraction of sp³-hybridized carbons (Fsp3) is 0.333. The number of morpholine rings is 1. The highest BCUT2D eigenvalue weighted by atomic mass is 19.2. The first-order valence-electron chi connectivity index (χ1n) is 8.38. The van der Waals surface area contributed by atoms with Crippen LogP contribution >= 0.6 is 0 Å². The first-order valence-corrected chi connectivity index (χ1v) is 8.38. The van der Waals surface area contributed by atoms with E-state index in [-0.39, 0.29) is 11.6 Å². The fourth-order valence-electron chi connectivity index (χ4n) is 2.62. The van der Waals surface area contributed by atoms with E-state index in [1.54, 1.807) is 12.1 Å². The molecular weight excluding hydrogens is 342 g/mol. The third kappa shape index (κ3) is 4.96. The van der Waals surface area contributed by atoms with Crippen LogP contribution in [0.2, 0.25) is 0 Å². The van der Waals surface area contributed by atoms with E-state index < -0.39 is 11.6 Å². The summed E-state index contributed by atoms with van der Waals surface area (Å²) in [4.78, 5) is 18.5. The molecule has 2 N–H and O–H groups in total. The Morgan fingerprint density at radius 2 is 1.88 bits per heavy atom. The Bertz CT molecular complexity index is 767. The molecule has 0 aliphatic carbocycles. The van der Waals surface area contributed by atoms with Crippen molar-refractivity contribution in [2.24, 2.45) is 0 Å². The highest BCUT2D eigenvalue weighted by molar-refractivity contribution is 5.93. The lowest BCUT2D eigenvalue weighted by atomic mass is 10.2. The van der Waals surface area contributed by atoms with Gasteiger partial charge in [-0.2, -0.15) is 0 Å². The molecule has 2 heterocycles. The SMILES string of the molecule is O=C(NCCN1CCOCC1)c1cc(Nc2ccc(F)c(F)c2)ccn1. The van der Waals surface area contributed by atoms with Gasteiger partial charge in [0.05, 0.1) is 13.2 Å². The first-order chi connectivity index (χ1) is 12.6. The molecule has 1 aliphatic heterocycles. The topological polar surface area (TPSA) is 66.5 Å². The number of carbonyl (C=O) groups excluding carboxylic acids is 1. The van der Waals surface area contributed by atoms with Crippen LogP contribution in [0.25, 0.3) is 0 Å². The van der Waals surface area contributed by atoms with E-state index in [0.29, 0.717) is 31.1 Å². The molecule has 1 aliphatic rings. The van der Waals surface area contributed by atoms with Gasteiger partial charge in [0.2, 0.25) is 0 Å². The summed E-state index contributed by atoms with van der Waals surface area (Å²) in [6.07, 6.45) is 1.49. The Morgan fingerprint density at radius 3 is 2.65 bits per heavy atom. The number of halogens is 2. The van der Waals surface area contributed by atoms with E-state index in [4.69, 9.17) is 4.74 Å². The molecule has 0 saturated carbocycles. The summed E-state index contributed by atoms with van der Waals surface area (Å²) in [6.45, 7) is 4.42. The highest BCUT2D eigenvalue weighted by Crippen LogP contribution is 2.19. The zero-order valence-electron chi connectivity index (χ0n) is 14.2. The van der Waals surface area contributed by atoms with Crippen molar-refractivity contribution in [2.45, 2.75) is 0 Å². The predicted octanol–water partition coefficient (Wildman–Crippen LogP) is 2.17. The van der Waals surface area contributed by atoms with Crippen LogP contribution in [0.15, 0.2) is 36.5 Å². The fourth-order valence-corrected chi connectivity index (χ4v) is 2.62. The number of rotatable bonds is 6. The van der Waals surface area contributed by atoms with Crippen LogP contribution in [0.5, 0.6) is 0 Å². The van der Waals surface area contributed by atoms with E-state index in [0.717, 1.165) is 31.8 Å². The number of aromatic nitrogens is 1. The van der Waals surface area contributed by atoms with Gasteiger partial charge in [0.15, 0.2) is 11.6 Å². The maximum atomic E-state index is 13.3. The van der Waals surface area contributed by atoms with Gasteiger partial charge in [-0.1, -0.05) is 0 Å². The summed E-state index contributed by atoms with van der Waals surface area (Å²) < 4.78 is 31.5. The van der Waals surface area contributed by atoms with Crippen molar-refractivity contribution in [2.75, 3.05) is 44.7 Å². The lowest BCUT2D eigenvalue weighted by Crippen LogP contribution is -2.41. The minimum absolute atomic E-state index is 0.250. The molecule has 0 atom stereocenters. The van der Waals surface area contributed by atoms with Crippen molar-refractivity contribution < 1.29 is 18.3 Å². The molecule has 0 radical (unpaired) electrons.